The van der Waals surface area contributed by atoms with Crippen LogP contribution in [0.15, 0.2) is 24.3 Å². The summed E-state index contributed by atoms with van der Waals surface area (Å²) in [4.78, 5) is 37.5. The summed E-state index contributed by atoms with van der Waals surface area (Å²) in [7, 11) is 1.33. The van der Waals surface area contributed by atoms with Gasteiger partial charge in [-0.15, -0.1) is 0 Å². The van der Waals surface area contributed by atoms with Gasteiger partial charge in [0.2, 0.25) is 0 Å². The van der Waals surface area contributed by atoms with E-state index >= 15 is 0 Å². The van der Waals surface area contributed by atoms with Crippen LogP contribution in [0.25, 0.3) is 0 Å². The molecule has 1 aromatic carbocycles. The average molecular weight is 330 g/mol. The van der Waals surface area contributed by atoms with E-state index in [1.54, 1.807) is 24.3 Å². The quantitative estimate of drug-likeness (QED) is 0.680. The smallest absolute Gasteiger partial charge is 0.337 e. The van der Waals surface area contributed by atoms with Gasteiger partial charge in [-0.05, 0) is 36.5 Å². The Morgan fingerprint density at radius 2 is 1.83 bits per heavy atom. The van der Waals surface area contributed by atoms with Crippen LogP contribution in [0.4, 0.5) is 4.79 Å². The molecule has 2 fully saturated rings. The lowest BCUT2D eigenvalue weighted by atomic mass is 9.84. The van der Waals surface area contributed by atoms with Crippen LogP contribution < -0.4 is 5.32 Å². The first-order valence-electron chi connectivity index (χ1n) is 8.39. The first-order valence-corrected chi connectivity index (χ1v) is 8.39. The fourth-order valence-corrected chi connectivity index (χ4v) is 3.52. The fraction of sp³-hybridized carbons (Fsp3) is 0.500. The molecular weight excluding hydrogens is 308 g/mol. The number of benzene rings is 1. The first kappa shape index (κ1) is 16.5. The predicted octanol–water partition coefficient (Wildman–Crippen LogP) is 2.47. The van der Waals surface area contributed by atoms with Crippen LogP contribution in [0.2, 0.25) is 0 Å². The molecule has 1 aromatic rings. The molecular formula is C18H22N2O4. The zero-order chi connectivity index (χ0) is 17.1. The fourth-order valence-electron chi connectivity index (χ4n) is 3.52. The Morgan fingerprint density at radius 1 is 1.17 bits per heavy atom. The number of carbonyl (C=O) groups is 3. The van der Waals surface area contributed by atoms with Crippen LogP contribution in [-0.4, -0.2) is 36.0 Å². The van der Waals surface area contributed by atoms with E-state index in [1.807, 2.05) is 0 Å². The van der Waals surface area contributed by atoms with E-state index in [9.17, 15) is 14.4 Å². The lowest BCUT2D eigenvalue weighted by molar-refractivity contribution is -0.129. The molecule has 0 radical (unpaired) electrons. The van der Waals surface area contributed by atoms with E-state index < -0.39 is 5.97 Å². The molecule has 2 aliphatic rings. The van der Waals surface area contributed by atoms with Gasteiger partial charge in [-0.2, -0.15) is 0 Å². The van der Waals surface area contributed by atoms with E-state index in [2.05, 4.69) is 10.1 Å². The highest BCUT2D eigenvalue weighted by atomic mass is 16.5. The van der Waals surface area contributed by atoms with Gasteiger partial charge in [-0.1, -0.05) is 31.4 Å². The van der Waals surface area contributed by atoms with E-state index in [0.29, 0.717) is 5.56 Å². The lowest BCUT2D eigenvalue weighted by Crippen LogP contribution is -2.38. The van der Waals surface area contributed by atoms with Crippen molar-refractivity contribution in [2.45, 2.75) is 44.7 Å². The molecule has 24 heavy (non-hydrogen) atoms. The highest BCUT2D eigenvalue weighted by Gasteiger charge is 2.42. The summed E-state index contributed by atoms with van der Waals surface area (Å²) in [6, 6.07) is 6.04. The van der Waals surface area contributed by atoms with Crippen LogP contribution >= 0.6 is 0 Å². The molecule has 0 aromatic heterocycles. The van der Waals surface area contributed by atoms with Crippen LogP contribution in [0.1, 0.15) is 48.0 Å². The summed E-state index contributed by atoms with van der Waals surface area (Å²) in [5.41, 5.74) is 1.24. The minimum atomic E-state index is -0.408. The molecule has 1 aliphatic heterocycles. The highest BCUT2D eigenvalue weighted by molar-refractivity contribution is 6.04. The molecule has 0 unspecified atom stereocenters. The number of ether oxygens (including phenoxy) is 1. The number of nitrogens with one attached hydrogen (secondary N) is 1. The van der Waals surface area contributed by atoms with Crippen molar-refractivity contribution < 1.29 is 19.1 Å². The van der Waals surface area contributed by atoms with Crippen molar-refractivity contribution >= 4 is 17.9 Å². The Morgan fingerprint density at radius 3 is 2.46 bits per heavy atom. The molecule has 1 saturated heterocycles. The number of carbonyl (C=O) groups excluding carboxylic acids is 3. The second-order valence-corrected chi connectivity index (χ2v) is 6.44. The van der Waals surface area contributed by atoms with Gasteiger partial charge in [0.1, 0.15) is 6.04 Å². The maximum Gasteiger partial charge on any atom is 0.337 e. The van der Waals surface area contributed by atoms with Gasteiger partial charge in [0.05, 0.1) is 19.2 Å². The van der Waals surface area contributed by atoms with Gasteiger partial charge in [-0.25, -0.2) is 9.59 Å². The van der Waals surface area contributed by atoms with Gasteiger partial charge < -0.3 is 10.1 Å². The number of imide groups is 1. The van der Waals surface area contributed by atoms with Crippen LogP contribution in [0.5, 0.6) is 0 Å². The molecule has 6 heteroatoms. The van der Waals surface area contributed by atoms with Gasteiger partial charge in [0.25, 0.3) is 5.91 Å². The maximum atomic E-state index is 12.6. The number of esters is 1. The minimum Gasteiger partial charge on any atom is -0.465 e. The zero-order valence-corrected chi connectivity index (χ0v) is 13.8. The summed E-state index contributed by atoms with van der Waals surface area (Å²) in [5, 5.41) is 2.85. The number of hydrogen-bond acceptors (Lipinski definition) is 4. The van der Waals surface area contributed by atoms with Crippen LogP contribution in [-0.2, 0) is 16.1 Å². The van der Waals surface area contributed by atoms with Crippen molar-refractivity contribution in [1.29, 1.82) is 0 Å². The molecule has 3 rings (SSSR count). The molecule has 6 nitrogen and oxygen atoms in total. The van der Waals surface area contributed by atoms with Crippen molar-refractivity contribution in [2.75, 3.05) is 7.11 Å². The van der Waals surface area contributed by atoms with Crippen molar-refractivity contribution in [3.63, 3.8) is 0 Å². The van der Waals surface area contributed by atoms with Crippen molar-refractivity contribution in [2.24, 2.45) is 5.92 Å². The molecule has 1 atom stereocenters. The summed E-state index contributed by atoms with van der Waals surface area (Å²) < 4.78 is 4.66. The third-order valence-corrected chi connectivity index (χ3v) is 4.89. The van der Waals surface area contributed by atoms with Crippen molar-refractivity contribution in [1.82, 2.24) is 10.2 Å². The number of rotatable bonds is 4. The van der Waals surface area contributed by atoms with E-state index in [0.717, 1.165) is 31.2 Å². The molecule has 1 heterocycles. The molecule has 128 valence electrons. The third kappa shape index (κ3) is 3.27. The Hall–Kier alpha value is -2.37. The summed E-state index contributed by atoms with van der Waals surface area (Å²) in [6.45, 7) is 0.218. The van der Waals surface area contributed by atoms with Crippen molar-refractivity contribution in [3.8, 4) is 0 Å². The number of methoxy groups -OCH3 is 1. The molecule has 1 saturated carbocycles. The molecule has 1 aliphatic carbocycles. The predicted molar refractivity (Wildman–Crippen MR) is 87.2 cm³/mol. The number of nitrogens with zero attached hydrogens (tertiary/aromatic N) is 1. The second kappa shape index (κ2) is 7.03. The van der Waals surface area contributed by atoms with E-state index in [4.69, 9.17) is 0 Å². The minimum absolute atomic E-state index is 0.135. The van der Waals surface area contributed by atoms with Gasteiger partial charge >= 0.3 is 12.0 Å². The standard InChI is InChI=1S/C18H22N2O4/c1-24-17(22)14-9-7-12(8-10-14)11-20-16(21)15(19-18(20)23)13-5-3-2-4-6-13/h7-10,13,15H,2-6,11H2,1H3,(H,19,23)/t15-/m1/s1. The number of urea groups is 1. The van der Waals surface area contributed by atoms with Gasteiger partial charge in [0.15, 0.2) is 0 Å². The largest absolute Gasteiger partial charge is 0.465 e. The van der Waals surface area contributed by atoms with Crippen LogP contribution in [0, 0.1) is 5.92 Å². The topological polar surface area (TPSA) is 75.7 Å². The zero-order valence-electron chi connectivity index (χ0n) is 13.8. The Kier molecular flexibility index (Phi) is 4.83. The Balaban J connectivity index is 1.67. The van der Waals surface area contributed by atoms with Crippen LogP contribution in [0.3, 0.4) is 0 Å². The first-order chi connectivity index (χ1) is 11.6. The van der Waals surface area contributed by atoms with E-state index in [-0.39, 0.29) is 30.4 Å². The van der Waals surface area contributed by atoms with Gasteiger partial charge in [0, 0.05) is 0 Å². The summed E-state index contributed by atoms with van der Waals surface area (Å²) in [5.74, 6) is -0.292. The van der Waals surface area contributed by atoms with Gasteiger partial charge in [-0.3, -0.25) is 9.69 Å². The molecule has 3 amide bonds. The normalized spacial score (nSPS) is 21.7. The summed E-state index contributed by atoms with van der Waals surface area (Å²) >= 11 is 0. The van der Waals surface area contributed by atoms with Crippen molar-refractivity contribution in [3.05, 3.63) is 35.4 Å². The molecule has 0 bridgehead atoms. The average Bonchev–Trinajstić information content (AvgIpc) is 2.90. The highest BCUT2D eigenvalue weighted by Crippen LogP contribution is 2.29. The molecule has 1 N–H and O–H groups in total. The molecule has 0 spiro atoms. The number of amides is 3. The Bertz CT molecular complexity index is 635. The maximum absolute atomic E-state index is 12.6. The second-order valence-electron chi connectivity index (χ2n) is 6.44. The van der Waals surface area contributed by atoms with E-state index in [1.165, 1.54) is 18.4 Å². The summed E-state index contributed by atoms with van der Waals surface area (Å²) in [6.07, 6.45) is 5.46. The Labute approximate surface area is 141 Å². The number of hydrogen-bond donors (Lipinski definition) is 1. The lowest BCUT2D eigenvalue weighted by Gasteiger charge is -2.25. The monoisotopic (exact) mass is 330 g/mol. The third-order valence-electron chi connectivity index (χ3n) is 4.89. The SMILES string of the molecule is COC(=O)c1ccc(CN2C(=O)N[C@H](C3CCCCC3)C2=O)cc1.